The molecule has 1 saturated carbocycles. The van der Waals surface area contributed by atoms with Crippen LogP contribution < -0.4 is 15.1 Å². The summed E-state index contributed by atoms with van der Waals surface area (Å²) in [5, 5.41) is 22.6. The maximum absolute atomic E-state index is 15.3. The third-order valence-electron chi connectivity index (χ3n) is 11.2. The molecular formula is C40H31ClFN3O8. The molecule has 8 rings (SSSR count). The van der Waals surface area contributed by atoms with E-state index in [4.69, 9.17) is 16.3 Å². The minimum absolute atomic E-state index is 0.0315. The molecule has 4 aromatic carbocycles. The van der Waals surface area contributed by atoms with Crippen molar-refractivity contribution >= 4 is 52.6 Å². The second-order valence-electron chi connectivity index (χ2n) is 13.6. The first-order valence-electron chi connectivity index (χ1n) is 16.9. The second-order valence-corrected chi connectivity index (χ2v) is 14.1. The molecule has 3 fully saturated rings. The lowest BCUT2D eigenvalue weighted by Gasteiger charge is -2.50. The van der Waals surface area contributed by atoms with E-state index in [9.17, 15) is 33.8 Å². The van der Waals surface area contributed by atoms with Crippen LogP contribution in [-0.2, 0) is 24.6 Å². The van der Waals surface area contributed by atoms with Gasteiger partial charge in [-0.3, -0.25) is 29.5 Å². The highest BCUT2D eigenvalue weighted by molar-refractivity contribution is 6.30. The van der Waals surface area contributed by atoms with Gasteiger partial charge in [0.2, 0.25) is 11.8 Å². The molecular weight excluding hydrogens is 705 g/mol. The van der Waals surface area contributed by atoms with Gasteiger partial charge < -0.3 is 14.9 Å². The number of hydrogen-bond donors (Lipinski definition) is 3. The standard InChI is InChI=1S/C40H31ClFN3O8/c1-53-31-7-3-6-30(46)33(31)34-26-16-17-27-32(37(49)44(35(27)47)25-5-2-4-20(18-25)38(50)51)28(26)19-29-36(48)45(43-24-14-12-23(42)13-15-24)39(52)40(29,34)21-8-10-22(41)11-9-21/h2-16,18,27-29,32,34,43,46H,17,19H2,1H3,(H,50,51). The van der Waals surface area contributed by atoms with Crippen LogP contribution in [0.4, 0.5) is 15.8 Å². The van der Waals surface area contributed by atoms with Crippen LogP contribution in [0.25, 0.3) is 0 Å². The molecule has 3 N–H and O–H groups in total. The third-order valence-corrected chi connectivity index (χ3v) is 11.4. The number of aromatic hydroxyl groups is 1. The number of rotatable bonds is 7. The first kappa shape index (κ1) is 34.1. The van der Waals surface area contributed by atoms with Crippen molar-refractivity contribution in [3.63, 3.8) is 0 Å². The molecule has 2 heterocycles. The number of phenolic OH excluding ortho intramolecular Hbond substituents is 1. The Morgan fingerprint density at radius 1 is 0.925 bits per heavy atom. The highest BCUT2D eigenvalue weighted by Crippen LogP contribution is 2.66. The Kier molecular flexibility index (Phi) is 8.10. The van der Waals surface area contributed by atoms with Crippen molar-refractivity contribution in [2.75, 3.05) is 17.4 Å². The molecule has 0 aromatic heterocycles. The molecule has 0 radical (unpaired) electrons. The van der Waals surface area contributed by atoms with E-state index in [2.05, 4.69) is 5.43 Å². The number of fused-ring (bicyclic) bond motifs is 4. The van der Waals surface area contributed by atoms with Crippen molar-refractivity contribution in [1.29, 1.82) is 0 Å². The van der Waals surface area contributed by atoms with Crippen molar-refractivity contribution in [2.24, 2.45) is 23.7 Å². The summed E-state index contributed by atoms with van der Waals surface area (Å²) >= 11 is 6.34. The summed E-state index contributed by atoms with van der Waals surface area (Å²) in [6.07, 6.45) is 1.90. The molecule has 6 unspecified atom stereocenters. The maximum atomic E-state index is 15.3. The van der Waals surface area contributed by atoms with Crippen LogP contribution in [0.1, 0.15) is 40.2 Å². The minimum atomic E-state index is -1.73. The van der Waals surface area contributed by atoms with Gasteiger partial charge in [-0.25, -0.2) is 9.18 Å². The molecule has 13 heteroatoms. The third kappa shape index (κ3) is 5.03. The van der Waals surface area contributed by atoms with Gasteiger partial charge in [0, 0.05) is 16.5 Å². The number of phenols is 1. The zero-order chi connectivity index (χ0) is 37.3. The number of aromatic carboxylic acids is 1. The van der Waals surface area contributed by atoms with Crippen LogP contribution in [0.15, 0.2) is 103 Å². The number of carboxylic acids is 1. The van der Waals surface area contributed by atoms with Crippen LogP contribution in [0.3, 0.4) is 0 Å². The SMILES string of the molecule is COc1cccc(O)c1C1C2=CCC3C(=O)N(c4cccc(C(=O)O)c4)C(=O)C3C2CC2C(=O)N(Nc3ccc(F)cc3)C(=O)C21c1ccc(Cl)cc1. The van der Waals surface area contributed by atoms with E-state index >= 15 is 4.79 Å². The fraction of sp³-hybridized carbons (Fsp3) is 0.225. The molecule has 4 amide bonds. The first-order chi connectivity index (χ1) is 25.5. The Bertz CT molecular complexity index is 2260. The highest BCUT2D eigenvalue weighted by Gasteiger charge is 2.71. The molecule has 0 bridgehead atoms. The summed E-state index contributed by atoms with van der Waals surface area (Å²) in [7, 11) is 1.42. The van der Waals surface area contributed by atoms with E-state index in [1.54, 1.807) is 36.4 Å². The number of anilines is 2. The molecule has 2 aliphatic carbocycles. The van der Waals surface area contributed by atoms with Crippen LogP contribution >= 0.6 is 11.6 Å². The van der Waals surface area contributed by atoms with Gasteiger partial charge in [0.05, 0.1) is 47.2 Å². The van der Waals surface area contributed by atoms with E-state index in [0.29, 0.717) is 16.2 Å². The number of ether oxygens (including phenoxy) is 1. The number of benzene rings is 4. The van der Waals surface area contributed by atoms with E-state index in [0.717, 1.165) is 9.91 Å². The minimum Gasteiger partial charge on any atom is -0.508 e. The smallest absolute Gasteiger partial charge is 0.335 e. The maximum Gasteiger partial charge on any atom is 0.335 e. The van der Waals surface area contributed by atoms with Gasteiger partial charge >= 0.3 is 5.97 Å². The molecule has 268 valence electrons. The van der Waals surface area contributed by atoms with E-state index < -0.39 is 70.4 Å². The van der Waals surface area contributed by atoms with E-state index in [1.807, 2.05) is 6.08 Å². The van der Waals surface area contributed by atoms with Gasteiger partial charge in [0.25, 0.3) is 11.8 Å². The zero-order valence-electron chi connectivity index (χ0n) is 28.0. The lowest BCUT2D eigenvalue weighted by Crippen LogP contribution is -2.53. The van der Waals surface area contributed by atoms with Gasteiger partial charge in [-0.15, -0.1) is 0 Å². The first-order valence-corrected chi connectivity index (χ1v) is 17.3. The number of halogens is 2. The van der Waals surface area contributed by atoms with Gasteiger partial charge in [-0.1, -0.05) is 47.5 Å². The Morgan fingerprint density at radius 2 is 1.64 bits per heavy atom. The molecule has 6 atom stereocenters. The lowest BCUT2D eigenvalue weighted by atomic mass is 9.49. The summed E-state index contributed by atoms with van der Waals surface area (Å²) < 4.78 is 19.7. The number of hydrogen-bond acceptors (Lipinski definition) is 8. The number of imide groups is 2. The topological polar surface area (TPSA) is 154 Å². The number of nitrogens with zero attached hydrogens (tertiary/aromatic N) is 2. The van der Waals surface area contributed by atoms with Gasteiger partial charge in [-0.05, 0) is 91.1 Å². The number of methoxy groups -OCH3 is 1. The summed E-state index contributed by atoms with van der Waals surface area (Å²) in [6, 6.07) is 21.9. The number of amides is 4. The Balaban J connectivity index is 1.34. The normalized spacial score (nSPS) is 26.2. The van der Waals surface area contributed by atoms with Crippen molar-refractivity contribution in [3.8, 4) is 11.5 Å². The summed E-state index contributed by atoms with van der Waals surface area (Å²) in [5.41, 5.74) is 2.65. The molecule has 4 aromatic rings. The van der Waals surface area contributed by atoms with Crippen LogP contribution in [0, 0.1) is 29.5 Å². The Hall–Kier alpha value is -6.01. The van der Waals surface area contributed by atoms with E-state index in [-0.39, 0.29) is 46.8 Å². The van der Waals surface area contributed by atoms with Crippen molar-refractivity contribution < 1.29 is 43.3 Å². The Morgan fingerprint density at radius 3 is 2.34 bits per heavy atom. The van der Waals surface area contributed by atoms with E-state index in [1.165, 1.54) is 61.7 Å². The zero-order valence-corrected chi connectivity index (χ0v) is 28.8. The van der Waals surface area contributed by atoms with Crippen LogP contribution in [0.5, 0.6) is 11.5 Å². The number of carbonyl (C=O) groups excluding carboxylic acids is 4. The van der Waals surface area contributed by atoms with Crippen molar-refractivity contribution in [3.05, 3.63) is 130 Å². The molecule has 2 aliphatic heterocycles. The van der Waals surface area contributed by atoms with Crippen molar-refractivity contribution in [2.45, 2.75) is 24.2 Å². The van der Waals surface area contributed by atoms with Crippen LogP contribution in [-0.4, -0.2) is 51.9 Å². The summed E-state index contributed by atoms with van der Waals surface area (Å²) in [5.74, 6) is -8.86. The van der Waals surface area contributed by atoms with Gasteiger partial charge in [-0.2, -0.15) is 5.01 Å². The lowest BCUT2D eigenvalue weighted by molar-refractivity contribution is -0.138. The van der Waals surface area contributed by atoms with Crippen molar-refractivity contribution in [1.82, 2.24) is 5.01 Å². The summed E-state index contributed by atoms with van der Waals surface area (Å²) in [6.45, 7) is 0. The summed E-state index contributed by atoms with van der Waals surface area (Å²) in [4.78, 5) is 71.4. The molecule has 0 spiro atoms. The predicted molar refractivity (Wildman–Crippen MR) is 190 cm³/mol. The quantitative estimate of drug-likeness (QED) is 0.151. The van der Waals surface area contributed by atoms with Crippen LogP contribution in [0.2, 0.25) is 5.02 Å². The number of allylic oxidation sites excluding steroid dienone is 2. The largest absolute Gasteiger partial charge is 0.508 e. The number of nitrogens with one attached hydrogen (secondary N) is 1. The van der Waals surface area contributed by atoms with Gasteiger partial charge in [0.15, 0.2) is 0 Å². The molecule has 4 aliphatic rings. The average molecular weight is 736 g/mol. The Labute approximate surface area is 307 Å². The fourth-order valence-corrected chi connectivity index (χ4v) is 9.13. The number of carbonyl (C=O) groups is 5. The van der Waals surface area contributed by atoms with Gasteiger partial charge in [0.1, 0.15) is 17.3 Å². The fourth-order valence-electron chi connectivity index (χ4n) is 9.00. The molecule has 2 saturated heterocycles. The average Bonchev–Trinajstić information content (AvgIpc) is 3.53. The molecule has 53 heavy (non-hydrogen) atoms. The number of carboxylic acid groups (broad SMARTS) is 1. The highest BCUT2D eigenvalue weighted by atomic mass is 35.5. The molecule has 11 nitrogen and oxygen atoms in total. The monoisotopic (exact) mass is 735 g/mol. The number of hydrazine groups is 1. The predicted octanol–water partition coefficient (Wildman–Crippen LogP) is 6.08. The second kappa shape index (κ2) is 12.6.